The maximum atomic E-state index is 11.8. The molecule has 0 unspecified atom stereocenters. The molecule has 2 aromatic heterocycles. The number of aryl methyl sites for hydroxylation is 1. The monoisotopic (exact) mass is 337 g/mol. The zero-order chi connectivity index (χ0) is 16.4. The second-order valence-electron chi connectivity index (χ2n) is 6.25. The number of sulfone groups is 1. The smallest absolute Gasteiger partial charge is 0.178 e. The first-order valence-corrected chi connectivity index (χ1v) is 9.83. The first-order valence-electron chi connectivity index (χ1n) is 7.94. The van der Waals surface area contributed by atoms with Gasteiger partial charge in [-0.15, -0.1) is 0 Å². The highest BCUT2D eigenvalue weighted by atomic mass is 32.2. The predicted octanol–water partition coefficient (Wildman–Crippen LogP) is 1.41. The van der Waals surface area contributed by atoms with Gasteiger partial charge in [0.15, 0.2) is 9.84 Å². The van der Waals surface area contributed by atoms with Crippen LogP contribution in [0.5, 0.6) is 0 Å². The minimum atomic E-state index is -3.23. The molecule has 0 amide bonds. The van der Waals surface area contributed by atoms with Crippen LogP contribution in [0.4, 0.5) is 0 Å². The van der Waals surface area contributed by atoms with E-state index in [0.29, 0.717) is 4.90 Å². The molecule has 0 radical (unpaired) electrons. The van der Waals surface area contributed by atoms with E-state index >= 15 is 0 Å². The van der Waals surface area contributed by atoms with Crippen molar-refractivity contribution in [1.82, 2.24) is 24.9 Å². The summed E-state index contributed by atoms with van der Waals surface area (Å²) < 4.78 is 25.6. The Kier molecular flexibility index (Phi) is 4.54. The lowest BCUT2D eigenvalue weighted by Gasteiger charge is -2.14. The molecule has 1 aliphatic rings. The summed E-state index contributed by atoms with van der Waals surface area (Å²) in [5.41, 5.74) is 1.95. The van der Waals surface area contributed by atoms with Crippen LogP contribution in [0.2, 0.25) is 0 Å². The van der Waals surface area contributed by atoms with Gasteiger partial charge in [0, 0.05) is 43.6 Å². The summed E-state index contributed by atoms with van der Waals surface area (Å²) in [5.74, 6) is 0.188. The van der Waals surface area contributed by atoms with Gasteiger partial charge in [-0.2, -0.15) is 10.2 Å². The minimum absolute atomic E-state index is 0.188. The molecule has 7 nitrogen and oxygen atoms in total. The maximum Gasteiger partial charge on any atom is 0.178 e. The number of nitrogens with zero attached hydrogens (tertiary/aromatic N) is 4. The van der Waals surface area contributed by atoms with Crippen molar-refractivity contribution in [2.75, 3.05) is 19.3 Å². The van der Waals surface area contributed by atoms with E-state index in [2.05, 4.69) is 33.3 Å². The van der Waals surface area contributed by atoms with Crippen molar-refractivity contribution in [3.8, 4) is 0 Å². The molecule has 0 saturated carbocycles. The molecule has 2 aromatic rings. The van der Waals surface area contributed by atoms with E-state index < -0.39 is 9.84 Å². The summed E-state index contributed by atoms with van der Waals surface area (Å²) in [6.45, 7) is 5.71. The highest BCUT2D eigenvalue weighted by Crippen LogP contribution is 2.30. The zero-order valence-corrected chi connectivity index (χ0v) is 14.4. The van der Waals surface area contributed by atoms with Crippen LogP contribution in [0.25, 0.3) is 0 Å². The Labute approximate surface area is 136 Å². The first kappa shape index (κ1) is 16.2. The number of hydrogen-bond acceptors (Lipinski definition) is 5. The molecule has 23 heavy (non-hydrogen) atoms. The van der Waals surface area contributed by atoms with Gasteiger partial charge >= 0.3 is 0 Å². The number of H-pyrrole nitrogens is 1. The molecule has 0 aliphatic carbocycles. The predicted molar refractivity (Wildman–Crippen MR) is 86.9 cm³/mol. The third-order valence-electron chi connectivity index (χ3n) is 4.26. The molecule has 0 spiro atoms. The first-order chi connectivity index (χ1) is 11.0. The third kappa shape index (κ3) is 3.64. The summed E-state index contributed by atoms with van der Waals surface area (Å²) in [6.07, 6.45) is 8.67. The van der Waals surface area contributed by atoms with Gasteiger partial charge in [0.05, 0.1) is 18.1 Å². The molecule has 1 N–H and O–H groups in total. The van der Waals surface area contributed by atoms with Crippen LogP contribution in [-0.2, 0) is 22.9 Å². The molecule has 3 heterocycles. The molecule has 1 atom stereocenters. The lowest BCUT2D eigenvalue weighted by molar-refractivity contribution is 0.326. The van der Waals surface area contributed by atoms with Gasteiger partial charge in [-0.05, 0) is 19.4 Å². The van der Waals surface area contributed by atoms with Crippen molar-refractivity contribution < 1.29 is 8.42 Å². The topological polar surface area (TPSA) is 83.9 Å². The number of rotatable bonds is 6. The van der Waals surface area contributed by atoms with Crippen molar-refractivity contribution in [3.63, 3.8) is 0 Å². The van der Waals surface area contributed by atoms with Crippen molar-refractivity contribution in [2.45, 2.75) is 43.7 Å². The average Bonchev–Trinajstić information content (AvgIpc) is 3.18. The SMILES string of the molecule is CCCn1cc(CN2CC[C@H](c3[nH]ncc3S(C)(=O)=O)C2)cn1. The summed E-state index contributed by atoms with van der Waals surface area (Å²) >= 11 is 0. The fourth-order valence-corrected chi connectivity index (χ4v) is 4.04. The van der Waals surface area contributed by atoms with Gasteiger partial charge in [-0.3, -0.25) is 14.7 Å². The molecule has 8 heteroatoms. The van der Waals surface area contributed by atoms with Crippen LogP contribution < -0.4 is 0 Å². The number of likely N-dealkylation sites (tertiary alicyclic amines) is 1. The van der Waals surface area contributed by atoms with Crippen molar-refractivity contribution in [2.24, 2.45) is 0 Å². The second-order valence-corrected chi connectivity index (χ2v) is 8.24. The lowest BCUT2D eigenvalue weighted by Crippen LogP contribution is -2.20. The van der Waals surface area contributed by atoms with Crippen LogP contribution >= 0.6 is 0 Å². The van der Waals surface area contributed by atoms with Crippen LogP contribution in [-0.4, -0.2) is 52.6 Å². The van der Waals surface area contributed by atoms with E-state index in [9.17, 15) is 8.42 Å². The molecule has 126 valence electrons. The molecule has 3 rings (SSSR count). The molecule has 1 fully saturated rings. The Balaban J connectivity index is 1.66. The normalized spacial score (nSPS) is 19.5. The number of nitrogens with one attached hydrogen (secondary N) is 1. The zero-order valence-electron chi connectivity index (χ0n) is 13.6. The van der Waals surface area contributed by atoms with E-state index in [-0.39, 0.29) is 5.92 Å². The summed E-state index contributed by atoms with van der Waals surface area (Å²) in [5, 5.41) is 11.2. The third-order valence-corrected chi connectivity index (χ3v) is 5.38. The minimum Gasteiger partial charge on any atom is -0.298 e. The molecule has 0 aromatic carbocycles. The van der Waals surface area contributed by atoms with E-state index in [4.69, 9.17) is 0 Å². The Morgan fingerprint density at radius 2 is 2.22 bits per heavy atom. The quantitative estimate of drug-likeness (QED) is 0.861. The molecule has 0 bridgehead atoms. The Morgan fingerprint density at radius 3 is 2.96 bits per heavy atom. The standard InChI is InChI=1S/C15H23N5O2S/c1-3-5-20-10-12(7-17-20)9-19-6-4-13(11-19)15-14(8-16-18-15)23(2,21)22/h7-8,10,13H,3-6,9,11H2,1-2H3,(H,16,18)/t13-/m0/s1. The number of aromatic nitrogens is 4. The fourth-order valence-electron chi connectivity index (χ4n) is 3.18. The highest BCUT2D eigenvalue weighted by molar-refractivity contribution is 7.90. The second kappa shape index (κ2) is 6.45. The summed E-state index contributed by atoms with van der Waals surface area (Å²) in [7, 11) is -3.23. The maximum absolute atomic E-state index is 11.8. The van der Waals surface area contributed by atoms with E-state index in [1.807, 2.05) is 10.9 Å². The van der Waals surface area contributed by atoms with Crippen molar-refractivity contribution >= 4 is 9.84 Å². The highest BCUT2D eigenvalue weighted by Gasteiger charge is 2.29. The molecule has 1 saturated heterocycles. The van der Waals surface area contributed by atoms with Gasteiger partial charge in [0.25, 0.3) is 0 Å². The van der Waals surface area contributed by atoms with Crippen LogP contribution in [0.1, 0.15) is 36.9 Å². The summed E-state index contributed by atoms with van der Waals surface area (Å²) in [6, 6.07) is 0. The summed E-state index contributed by atoms with van der Waals surface area (Å²) in [4.78, 5) is 2.67. The average molecular weight is 337 g/mol. The van der Waals surface area contributed by atoms with Gasteiger partial charge in [-0.25, -0.2) is 8.42 Å². The van der Waals surface area contributed by atoms with E-state index in [1.54, 1.807) is 0 Å². The molecular weight excluding hydrogens is 314 g/mol. The van der Waals surface area contributed by atoms with Gasteiger partial charge in [-0.1, -0.05) is 6.92 Å². The van der Waals surface area contributed by atoms with Crippen molar-refractivity contribution in [3.05, 3.63) is 29.8 Å². The Hall–Kier alpha value is -1.67. The van der Waals surface area contributed by atoms with Crippen molar-refractivity contribution in [1.29, 1.82) is 0 Å². The van der Waals surface area contributed by atoms with Crippen LogP contribution in [0.3, 0.4) is 0 Å². The molecular formula is C15H23N5O2S. The fraction of sp³-hybridized carbons (Fsp3) is 0.600. The number of aromatic amines is 1. The number of hydrogen-bond donors (Lipinski definition) is 1. The van der Waals surface area contributed by atoms with Crippen LogP contribution in [0, 0.1) is 0 Å². The molecule has 1 aliphatic heterocycles. The lowest BCUT2D eigenvalue weighted by atomic mass is 10.1. The Morgan fingerprint density at radius 1 is 1.39 bits per heavy atom. The van der Waals surface area contributed by atoms with Crippen LogP contribution in [0.15, 0.2) is 23.5 Å². The van der Waals surface area contributed by atoms with Gasteiger partial charge in [0.1, 0.15) is 4.90 Å². The van der Waals surface area contributed by atoms with Gasteiger partial charge < -0.3 is 0 Å². The Bertz CT molecular complexity index is 764. The van der Waals surface area contributed by atoms with E-state index in [1.165, 1.54) is 18.0 Å². The van der Waals surface area contributed by atoms with Gasteiger partial charge in [0.2, 0.25) is 0 Å². The van der Waals surface area contributed by atoms with E-state index in [0.717, 1.165) is 44.7 Å². The largest absolute Gasteiger partial charge is 0.298 e.